The Bertz CT molecular complexity index is 421. The van der Waals surface area contributed by atoms with Gasteiger partial charge in [-0.15, -0.1) is 0 Å². The zero-order valence-electron chi connectivity index (χ0n) is 10.4. The van der Waals surface area contributed by atoms with Crippen molar-refractivity contribution in [2.75, 3.05) is 26.2 Å². The molecule has 0 heterocycles. The third-order valence-electron chi connectivity index (χ3n) is 2.46. The van der Waals surface area contributed by atoms with E-state index >= 15 is 0 Å². The predicted molar refractivity (Wildman–Crippen MR) is 65.4 cm³/mol. The SMILES string of the molecule is COc1cc(C)c(N(C)C(=O)NN)c(OC)c1. The number of nitrogens with one attached hydrogen (secondary N) is 1. The number of hydrazine groups is 1. The standard InChI is InChI=1S/C11H17N3O3/c1-7-5-8(16-3)6-9(17-4)10(7)14(2)11(15)13-12/h5-6H,12H2,1-4H3,(H,13,15). The topological polar surface area (TPSA) is 76.8 Å². The van der Waals surface area contributed by atoms with Gasteiger partial charge in [-0.2, -0.15) is 0 Å². The molecule has 94 valence electrons. The molecule has 0 aliphatic heterocycles. The van der Waals surface area contributed by atoms with Crippen LogP contribution >= 0.6 is 0 Å². The molecule has 0 saturated heterocycles. The zero-order chi connectivity index (χ0) is 13.0. The number of aryl methyl sites for hydroxylation is 1. The van der Waals surface area contributed by atoms with Crippen molar-refractivity contribution < 1.29 is 14.3 Å². The summed E-state index contributed by atoms with van der Waals surface area (Å²) in [4.78, 5) is 12.9. The number of anilines is 1. The molecule has 0 aromatic heterocycles. The van der Waals surface area contributed by atoms with Crippen LogP contribution < -0.4 is 25.6 Å². The van der Waals surface area contributed by atoms with Gasteiger partial charge >= 0.3 is 6.03 Å². The van der Waals surface area contributed by atoms with Crippen LogP contribution in [-0.2, 0) is 0 Å². The molecule has 0 spiro atoms. The van der Waals surface area contributed by atoms with Gasteiger partial charge in [-0.25, -0.2) is 10.6 Å². The second-order valence-electron chi connectivity index (χ2n) is 3.50. The van der Waals surface area contributed by atoms with Gasteiger partial charge in [-0.05, 0) is 18.6 Å². The summed E-state index contributed by atoms with van der Waals surface area (Å²) in [6, 6.07) is 3.11. The van der Waals surface area contributed by atoms with E-state index in [-0.39, 0.29) is 0 Å². The quantitative estimate of drug-likeness (QED) is 0.469. The lowest BCUT2D eigenvalue weighted by atomic mass is 10.1. The Hall–Kier alpha value is -1.95. The molecule has 17 heavy (non-hydrogen) atoms. The van der Waals surface area contributed by atoms with E-state index in [4.69, 9.17) is 15.3 Å². The van der Waals surface area contributed by atoms with E-state index in [1.54, 1.807) is 20.2 Å². The summed E-state index contributed by atoms with van der Waals surface area (Å²) in [5.74, 6) is 6.32. The number of urea groups is 1. The first kappa shape index (κ1) is 13.1. The normalized spacial score (nSPS) is 9.71. The van der Waals surface area contributed by atoms with Crippen LogP contribution in [0.4, 0.5) is 10.5 Å². The molecule has 6 heteroatoms. The maximum absolute atomic E-state index is 11.5. The Morgan fingerprint density at radius 3 is 2.47 bits per heavy atom. The lowest BCUT2D eigenvalue weighted by Gasteiger charge is -2.22. The highest BCUT2D eigenvalue weighted by Gasteiger charge is 2.18. The maximum Gasteiger partial charge on any atom is 0.335 e. The van der Waals surface area contributed by atoms with E-state index < -0.39 is 6.03 Å². The average Bonchev–Trinajstić information content (AvgIpc) is 2.35. The molecular formula is C11H17N3O3. The van der Waals surface area contributed by atoms with E-state index in [1.165, 1.54) is 12.0 Å². The summed E-state index contributed by atoms with van der Waals surface area (Å²) < 4.78 is 10.4. The molecule has 0 saturated carbocycles. The van der Waals surface area contributed by atoms with Crippen molar-refractivity contribution in [1.29, 1.82) is 0 Å². The van der Waals surface area contributed by atoms with Gasteiger partial charge in [0.25, 0.3) is 0 Å². The molecule has 0 aliphatic carbocycles. The summed E-state index contributed by atoms with van der Waals surface area (Å²) in [6.45, 7) is 1.86. The number of carbonyl (C=O) groups excluding carboxylic acids is 1. The molecule has 1 aromatic rings. The van der Waals surface area contributed by atoms with Crippen LogP contribution in [0.5, 0.6) is 11.5 Å². The minimum absolute atomic E-state index is 0.420. The van der Waals surface area contributed by atoms with E-state index in [2.05, 4.69) is 5.43 Å². The van der Waals surface area contributed by atoms with E-state index in [0.29, 0.717) is 17.2 Å². The minimum Gasteiger partial charge on any atom is -0.497 e. The van der Waals surface area contributed by atoms with Gasteiger partial charge in [0.1, 0.15) is 11.5 Å². The summed E-state index contributed by atoms with van der Waals surface area (Å²) in [6.07, 6.45) is 0. The van der Waals surface area contributed by atoms with Gasteiger partial charge < -0.3 is 9.47 Å². The lowest BCUT2D eigenvalue weighted by molar-refractivity contribution is 0.247. The smallest absolute Gasteiger partial charge is 0.335 e. The van der Waals surface area contributed by atoms with Crippen molar-refractivity contribution in [2.45, 2.75) is 6.92 Å². The number of nitrogens with zero attached hydrogens (tertiary/aromatic N) is 1. The number of ether oxygens (including phenoxy) is 2. The van der Waals surface area contributed by atoms with Gasteiger partial charge in [0.2, 0.25) is 0 Å². The molecule has 1 rings (SSSR count). The maximum atomic E-state index is 11.5. The molecule has 1 aromatic carbocycles. The summed E-state index contributed by atoms with van der Waals surface area (Å²) in [5, 5.41) is 0. The number of hydrogen-bond acceptors (Lipinski definition) is 4. The largest absolute Gasteiger partial charge is 0.497 e. The van der Waals surface area contributed by atoms with Gasteiger partial charge in [0.15, 0.2) is 0 Å². The molecule has 0 fully saturated rings. The predicted octanol–water partition coefficient (Wildman–Crippen LogP) is 1.03. The Morgan fingerprint density at radius 2 is 2.00 bits per heavy atom. The summed E-state index contributed by atoms with van der Waals surface area (Å²) >= 11 is 0. The van der Waals surface area contributed by atoms with Crippen molar-refractivity contribution in [2.24, 2.45) is 5.84 Å². The molecular weight excluding hydrogens is 222 g/mol. The van der Waals surface area contributed by atoms with Gasteiger partial charge in [0, 0.05) is 13.1 Å². The molecule has 0 bridgehead atoms. The highest BCUT2D eigenvalue weighted by Crippen LogP contribution is 2.35. The van der Waals surface area contributed by atoms with Gasteiger partial charge in [0.05, 0.1) is 19.9 Å². The second kappa shape index (κ2) is 5.40. The van der Waals surface area contributed by atoms with Crippen LogP contribution in [0.2, 0.25) is 0 Å². The third-order valence-corrected chi connectivity index (χ3v) is 2.46. The Balaban J connectivity index is 3.27. The number of hydrogen-bond donors (Lipinski definition) is 2. The van der Waals surface area contributed by atoms with Crippen molar-refractivity contribution >= 4 is 11.7 Å². The summed E-state index contributed by atoms with van der Waals surface area (Å²) in [5.41, 5.74) is 3.57. The zero-order valence-corrected chi connectivity index (χ0v) is 10.4. The number of nitrogens with two attached hydrogens (primary N) is 1. The first-order valence-corrected chi connectivity index (χ1v) is 5.02. The van der Waals surface area contributed by atoms with Gasteiger partial charge in [-0.1, -0.05) is 0 Å². The fraction of sp³-hybridized carbons (Fsp3) is 0.364. The number of carbonyl (C=O) groups is 1. The molecule has 0 aliphatic rings. The first-order chi connectivity index (χ1) is 8.04. The van der Waals surface area contributed by atoms with Crippen molar-refractivity contribution in [1.82, 2.24) is 5.43 Å². The van der Waals surface area contributed by atoms with E-state index in [9.17, 15) is 4.79 Å². The molecule has 0 atom stereocenters. The first-order valence-electron chi connectivity index (χ1n) is 5.02. The fourth-order valence-corrected chi connectivity index (χ4v) is 1.62. The van der Waals surface area contributed by atoms with Crippen molar-refractivity contribution in [3.8, 4) is 11.5 Å². The van der Waals surface area contributed by atoms with Crippen molar-refractivity contribution in [3.05, 3.63) is 17.7 Å². The highest BCUT2D eigenvalue weighted by molar-refractivity contribution is 5.93. The van der Waals surface area contributed by atoms with Crippen molar-refractivity contribution in [3.63, 3.8) is 0 Å². The molecule has 0 radical (unpaired) electrons. The van der Waals surface area contributed by atoms with Crippen LogP contribution in [0.3, 0.4) is 0 Å². The molecule has 3 N–H and O–H groups in total. The second-order valence-corrected chi connectivity index (χ2v) is 3.50. The molecule has 2 amide bonds. The minimum atomic E-state index is -0.420. The van der Waals surface area contributed by atoms with Crippen LogP contribution in [0.15, 0.2) is 12.1 Å². The number of rotatable bonds is 3. The van der Waals surface area contributed by atoms with E-state index in [1.807, 2.05) is 13.0 Å². The Morgan fingerprint density at radius 1 is 1.35 bits per heavy atom. The summed E-state index contributed by atoms with van der Waals surface area (Å²) in [7, 11) is 4.72. The average molecular weight is 239 g/mol. The van der Waals surface area contributed by atoms with Gasteiger partial charge in [-0.3, -0.25) is 10.3 Å². The third kappa shape index (κ3) is 2.59. The number of benzene rings is 1. The van der Waals surface area contributed by atoms with E-state index in [0.717, 1.165) is 5.56 Å². The van der Waals surface area contributed by atoms with Crippen LogP contribution in [-0.4, -0.2) is 27.3 Å². The number of amides is 2. The van der Waals surface area contributed by atoms with Crippen LogP contribution in [0.25, 0.3) is 0 Å². The van der Waals surface area contributed by atoms with Crippen LogP contribution in [0, 0.1) is 6.92 Å². The fourth-order valence-electron chi connectivity index (χ4n) is 1.62. The van der Waals surface area contributed by atoms with Crippen LogP contribution in [0.1, 0.15) is 5.56 Å². The lowest BCUT2D eigenvalue weighted by Crippen LogP contribution is -2.41. The highest BCUT2D eigenvalue weighted by atomic mass is 16.5. The molecule has 0 unspecified atom stereocenters. The monoisotopic (exact) mass is 239 g/mol. The Labute approximate surface area is 100 Å². The number of methoxy groups -OCH3 is 2. The molecule has 6 nitrogen and oxygen atoms in total. The Kier molecular flexibility index (Phi) is 4.17.